The molecular weight excluding hydrogens is 278 g/mol. The Balaban J connectivity index is 1.56. The fourth-order valence-electron chi connectivity index (χ4n) is 1.42. The number of thioether (sulfide) groups is 1. The number of hydrogen-bond acceptors (Lipinski definition) is 4. The molecule has 2 rings (SSSR count). The minimum atomic E-state index is -0.0897. The first kappa shape index (κ1) is 14.0. The normalized spacial score (nSPS) is 10.9. The van der Waals surface area contributed by atoms with Crippen molar-refractivity contribution in [3.63, 3.8) is 0 Å². The summed E-state index contributed by atoms with van der Waals surface area (Å²) >= 11 is 3.59. The van der Waals surface area contributed by atoms with Crippen LogP contribution < -0.4 is 5.32 Å². The number of nitrogens with one attached hydrogen (secondary N) is 1. The highest BCUT2D eigenvalue weighted by Gasteiger charge is 1.97. The third-order valence-electron chi connectivity index (χ3n) is 2.31. The smallest absolute Gasteiger partial charge is 0.244 e. The first-order valence-corrected chi connectivity index (χ1v) is 7.97. The van der Waals surface area contributed by atoms with Gasteiger partial charge >= 0.3 is 0 Å². The molecule has 0 unspecified atom stereocenters. The summed E-state index contributed by atoms with van der Waals surface area (Å²) in [7, 11) is 0. The van der Waals surface area contributed by atoms with Crippen LogP contribution in [0.25, 0.3) is 6.08 Å². The average molecular weight is 293 g/mol. The van der Waals surface area contributed by atoms with Crippen molar-refractivity contribution >= 4 is 35.1 Å². The van der Waals surface area contributed by atoms with E-state index < -0.39 is 0 Å². The van der Waals surface area contributed by atoms with Crippen molar-refractivity contribution in [3.05, 3.63) is 52.6 Å². The van der Waals surface area contributed by atoms with Crippen molar-refractivity contribution in [1.29, 1.82) is 0 Å². The molecule has 0 aliphatic rings. The quantitative estimate of drug-likeness (QED) is 0.628. The molecule has 0 aliphatic carbocycles. The molecule has 0 atom stereocenters. The van der Waals surface area contributed by atoms with E-state index in [-0.39, 0.29) is 5.91 Å². The summed E-state index contributed by atoms with van der Waals surface area (Å²) in [5, 5.41) is 4.92. The van der Waals surface area contributed by atoms with Gasteiger partial charge in [-0.05, 0) is 29.7 Å². The van der Waals surface area contributed by atoms with Crippen molar-refractivity contribution < 1.29 is 9.21 Å². The van der Waals surface area contributed by atoms with E-state index in [1.807, 2.05) is 11.8 Å². The van der Waals surface area contributed by atoms with Crippen LogP contribution in [0.4, 0.5) is 0 Å². The molecule has 2 aromatic rings. The molecule has 0 fully saturated rings. The zero-order valence-electron chi connectivity index (χ0n) is 10.4. The molecule has 1 amide bonds. The summed E-state index contributed by atoms with van der Waals surface area (Å²) in [4.78, 5) is 12.9. The van der Waals surface area contributed by atoms with Crippen LogP contribution in [-0.4, -0.2) is 18.2 Å². The summed E-state index contributed by atoms with van der Waals surface area (Å²) in [6.45, 7) is 0.678. The Hall–Kier alpha value is -1.46. The van der Waals surface area contributed by atoms with E-state index >= 15 is 0 Å². The number of carbonyl (C=O) groups is 1. The fourth-order valence-corrected chi connectivity index (χ4v) is 3.12. The molecule has 0 aliphatic heterocycles. The fraction of sp³-hybridized carbons (Fsp3) is 0.214. The first-order valence-electron chi connectivity index (χ1n) is 5.94. The number of hydrogen-bond donors (Lipinski definition) is 1. The van der Waals surface area contributed by atoms with Crippen molar-refractivity contribution in [1.82, 2.24) is 5.32 Å². The van der Waals surface area contributed by atoms with E-state index in [1.165, 1.54) is 11.0 Å². The zero-order chi connectivity index (χ0) is 13.3. The maximum Gasteiger partial charge on any atom is 0.244 e. The Morgan fingerprint density at radius 3 is 3.11 bits per heavy atom. The standard InChI is InChI=1S/C14H15NO2S2/c16-14(6-5-12-3-1-8-17-12)15-7-10-18-11-13-4-2-9-19-13/h1-6,8-9H,7,10-11H2,(H,15,16)/b6-5+. The molecule has 1 N–H and O–H groups in total. The second-order valence-corrected chi connectivity index (χ2v) is 5.91. The van der Waals surface area contributed by atoms with E-state index in [0.717, 1.165) is 11.5 Å². The number of thiophene rings is 1. The maximum absolute atomic E-state index is 11.5. The summed E-state index contributed by atoms with van der Waals surface area (Å²) < 4.78 is 5.10. The summed E-state index contributed by atoms with van der Waals surface area (Å²) in [6, 6.07) is 7.78. The number of furan rings is 1. The molecule has 2 aromatic heterocycles. The molecule has 0 aromatic carbocycles. The Bertz CT molecular complexity index is 504. The third kappa shape index (κ3) is 5.36. The third-order valence-corrected chi connectivity index (χ3v) is 4.38. The lowest BCUT2D eigenvalue weighted by Crippen LogP contribution is -2.23. The van der Waals surface area contributed by atoms with E-state index in [4.69, 9.17) is 4.42 Å². The van der Waals surface area contributed by atoms with Gasteiger partial charge in [-0.2, -0.15) is 11.8 Å². The van der Waals surface area contributed by atoms with Crippen molar-refractivity contribution in [2.45, 2.75) is 5.75 Å². The van der Waals surface area contributed by atoms with Crippen LogP contribution in [0.3, 0.4) is 0 Å². The topological polar surface area (TPSA) is 42.2 Å². The summed E-state index contributed by atoms with van der Waals surface area (Å²) in [6.07, 6.45) is 4.73. The van der Waals surface area contributed by atoms with Crippen LogP contribution >= 0.6 is 23.1 Å². The van der Waals surface area contributed by atoms with Crippen LogP contribution in [0.1, 0.15) is 10.6 Å². The van der Waals surface area contributed by atoms with Gasteiger partial charge in [0.05, 0.1) is 6.26 Å². The van der Waals surface area contributed by atoms with Crippen LogP contribution in [-0.2, 0) is 10.5 Å². The molecule has 5 heteroatoms. The largest absolute Gasteiger partial charge is 0.465 e. The zero-order valence-corrected chi connectivity index (χ0v) is 12.0. The summed E-state index contributed by atoms with van der Waals surface area (Å²) in [5.41, 5.74) is 0. The van der Waals surface area contributed by atoms with Crippen molar-refractivity contribution in [2.24, 2.45) is 0 Å². The Labute approximate surface area is 120 Å². The highest BCUT2D eigenvalue weighted by molar-refractivity contribution is 7.98. The van der Waals surface area contributed by atoms with E-state index in [1.54, 1.807) is 35.8 Å². The summed E-state index contributed by atoms with van der Waals surface area (Å²) in [5.74, 6) is 2.52. The molecule has 0 saturated heterocycles. The Morgan fingerprint density at radius 2 is 2.37 bits per heavy atom. The van der Waals surface area contributed by atoms with Gasteiger partial charge in [-0.15, -0.1) is 11.3 Å². The van der Waals surface area contributed by atoms with Crippen molar-refractivity contribution in [2.75, 3.05) is 12.3 Å². The van der Waals surface area contributed by atoms with Crippen molar-refractivity contribution in [3.8, 4) is 0 Å². The predicted octanol–water partition coefficient (Wildman–Crippen LogP) is 3.40. The highest BCUT2D eigenvalue weighted by Crippen LogP contribution is 2.16. The number of amides is 1. The van der Waals surface area contributed by atoms with Gasteiger partial charge in [0.1, 0.15) is 5.76 Å². The highest BCUT2D eigenvalue weighted by atomic mass is 32.2. The van der Waals surface area contributed by atoms with Gasteiger partial charge in [-0.25, -0.2) is 0 Å². The average Bonchev–Trinajstić information content (AvgIpc) is 3.09. The van der Waals surface area contributed by atoms with E-state index in [0.29, 0.717) is 12.3 Å². The van der Waals surface area contributed by atoms with Crippen LogP contribution in [0.15, 0.2) is 46.4 Å². The predicted molar refractivity (Wildman–Crippen MR) is 81.2 cm³/mol. The first-order chi connectivity index (χ1) is 9.34. The van der Waals surface area contributed by atoms with Crippen LogP contribution in [0, 0.1) is 0 Å². The van der Waals surface area contributed by atoms with Gasteiger partial charge in [0.25, 0.3) is 0 Å². The molecule has 0 bridgehead atoms. The molecule has 0 saturated carbocycles. The monoisotopic (exact) mass is 293 g/mol. The van der Waals surface area contributed by atoms with Gasteiger partial charge in [0.2, 0.25) is 5.91 Å². The SMILES string of the molecule is O=C(/C=C/c1ccco1)NCCSCc1cccs1. The van der Waals surface area contributed by atoms with Gasteiger partial charge in [-0.1, -0.05) is 6.07 Å². The van der Waals surface area contributed by atoms with Gasteiger partial charge < -0.3 is 9.73 Å². The maximum atomic E-state index is 11.5. The molecule has 0 spiro atoms. The van der Waals surface area contributed by atoms with Crippen LogP contribution in [0.2, 0.25) is 0 Å². The molecule has 19 heavy (non-hydrogen) atoms. The second kappa shape index (κ2) is 7.86. The Kier molecular flexibility index (Phi) is 5.78. The number of carbonyl (C=O) groups excluding carboxylic acids is 1. The molecule has 0 radical (unpaired) electrons. The Morgan fingerprint density at radius 1 is 1.42 bits per heavy atom. The lowest BCUT2D eigenvalue weighted by Gasteiger charge is -2.01. The minimum absolute atomic E-state index is 0.0897. The van der Waals surface area contributed by atoms with E-state index in [2.05, 4.69) is 22.8 Å². The van der Waals surface area contributed by atoms with Gasteiger partial charge in [0.15, 0.2) is 0 Å². The van der Waals surface area contributed by atoms with Crippen LogP contribution in [0.5, 0.6) is 0 Å². The second-order valence-electron chi connectivity index (χ2n) is 3.77. The van der Waals surface area contributed by atoms with Gasteiger partial charge in [0, 0.05) is 29.0 Å². The minimum Gasteiger partial charge on any atom is -0.465 e. The molecule has 3 nitrogen and oxygen atoms in total. The molecule has 100 valence electrons. The molecular formula is C14H15NO2S2. The lowest BCUT2D eigenvalue weighted by atomic mass is 10.4. The van der Waals surface area contributed by atoms with E-state index in [9.17, 15) is 4.79 Å². The van der Waals surface area contributed by atoms with Gasteiger partial charge in [-0.3, -0.25) is 4.79 Å². The number of rotatable bonds is 7. The molecule has 2 heterocycles. The lowest BCUT2D eigenvalue weighted by molar-refractivity contribution is -0.116.